The molecule has 1 aliphatic rings. The van der Waals surface area contributed by atoms with Crippen LogP contribution in [0.5, 0.6) is 0 Å². The zero-order chi connectivity index (χ0) is 19.9. The number of anilines is 2. The second kappa shape index (κ2) is 9.62. The van der Waals surface area contributed by atoms with Gasteiger partial charge in [0.2, 0.25) is 11.3 Å². The van der Waals surface area contributed by atoms with E-state index >= 15 is 0 Å². The van der Waals surface area contributed by atoms with E-state index in [0.29, 0.717) is 23.7 Å². The predicted octanol–water partition coefficient (Wildman–Crippen LogP) is 2.17. The van der Waals surface area contributed by atoms with E-state index in [9.17, 15) is 0 Å². The molecule has 0 atom stereocenters. The van der Waals surface area contributed by atoms with Gasteiger partial charge in [0.15, 0.2) is 11.6 Å². The Morgan fingerprint density at radius 3 is 2.59 bits per heavy atom. The molecule has 1 N–H and O–H groups in total. The maximum atomic E-state index is 5.41. The van der Waals surface area contributed by atoms with E-state index in [2.05, 4.69) is 47.5 Å². The van der Waals surface area contributed by atoms with Crippen molar-refractivity contribution in [2.24, 2.45) is 0 Å². The van der Waals surface area contributed by atoms with E-state index in [0.717, 1.165) is 58.1 Å². The summed E-state index contributed by atoms with van der Waals surface area (Å²) in [7, 11) is 2.03. The van der Waals surface area contributed by atoms with Gasteiger partial charge in [-0.15, -0.1) is 0 Å². The van der Waals surface area contributed by atoms with Crippen molar-refractivity contribution in [1.82, 2.24) is 25.2 Å². The minimum atomic E-state index is 0.407. The van der Waals surface area contributed by atoms with Gasteiger partial charge in [0.1, 0.15) is 0 Å². The minimum absolute atomic E-state index is 0.407. The highest BCUT2D eigenvalue weighted by molar-refractivity contribution is 5.73. The molecule has 1 fully saturated rings. The number of fused-ring (bicyclic) bond motifs is 1. The highest BCUT2D eigenvalue weighted by atomic mass is 16.6. The summed E-state index contributed by atoms with van der Waals surface area (Å²) in [4.78, 5) is 13.8. The Labute approximate surface area is 170 Å². The average molecular weight is 397 g/mol. The molecular formula is C20H27N7O2. The van der Waals surface area contributed by atoms with Crippen LogP contribution in [-0.4, -0.2) is 71.6 Å². The molecule has 0 aliphatic carbocycles. The summed E-state index contributed by atoms with van der Waals surface area (Å²) < 4.78 is 10.2. The molecule has 3 heterocycles. The van der Waals surface area contributed by atoms with Crippen LogP contribution >= 0.6 is 0 Å². The fourth-order valence-corrected chi connectivity index (χ4v) is 3.41. The van der Waals surface area contributed by atoms with Crippen molar-refractivity contribution in [1.29, 1.82) is 0 Å². The Kier molecular flexibility index (Phi) is 6.48. The van der Waals surface area contributed by atoms with Gasteiger partial charge >= 0.3 is 0 Å². The van der Waals surface area contributed by atoms with Gasteiger partial charge in [-0.1, -0.05) is 30.3 Å². The fraction of sp³-hybridized carbons (Fsp3) is 0.500. The van der Waals surface area contributed by atoms with Crippen LogP contribution in [0.3, 0.4) is 0 Å². The van der Waals surface area contributed by atoms with Gasteiger partial charge in [0.25, 0.3) is 0 Å². The first-order valence-electron chi connectivity index (χ1n) is 10.1. The summed E-state index contributed by atoms with van der Waals surface area (Å²) in [5.74, 6) is 1.45. The largest absolute Gasteiger partial charge is 0.379 e. The monoisotopic (exact) mass is 397 g/mol. The van der Waals surface area contributed by atoms with Crippen molar-refractivity contribution in [3.63, 3.8) is 0 Å². The zero-order valence-corrected chi connectivity index (χ0v) is 16.8. The van der Waals surface area contributed by atoms with Crippen LogP contribution in [0.2, 0.25) is 0 Å². The van der Waals surface area contributed by atoms with Crippen LogP contribution in [0.1, 0.15) is 18.4 Å². The molecule has 154 valence electrons. The van der Waals surface area contributed by atoms with Crippen LogP contribution in [0.25, 0.3) is 11.3 Å². The Balaban J connectivity index is 1.38. The lowest BCUT2D eigenvalue weighted by atomic mass is 10.2. The number of morpholine rings is 1. The Morgan fingerprint density at radius 1 is 1.03 bits per heavy atom. The molecule has 1 aromatic carbocycles. The van der Waals surface area contributed by atoms with Crippen molar-refractivity contribution in [2.45, 2.75) is 19.4 Å². The highest BCUT2D eigenvalue weighted by Gasteiger charge is 2.16. The molecule has 0 spiro atoms. The number of hydrogen-bond acceptors (Lipinski definition) is 9. The lowest BCUT2D eigenvalue weighted by Crippen LogP contribution is -2.37. The van der Waals surface area contributed by atoms with Gasteiger partial charge in [-0.05, 0) is 35.3 Å². The van der Waals surface area contributed by atoms with E-state index in [1.807, 2.05) is 25.2 Å². The van der Waals surface area contributed by atoms with E-state index in [4.69, 9.17) is 9.37 Å². The first kappa shape index (κ1) is 19.5. The van der Waals surface area contributed by atoms with Gasteiger partial charge in [-0.2, -0.15) is 0 Å². The number of aromatic nitrogens is 4. The van der Waals surface area contributed by atoms with Crippen LogP contribution < -0.4 is 10.2 Å². The molecule has 0 saturated carbocycles. The lowest BCUT2D eigenvalue weighted by Gasteiger charge is -2.27. The number of hydrogen-bond donors (Lipinski definition) is 1. The summed E-state index contributed by atoms with van der Waals surface area (Å²) >= 11 is 0. The molecule has 4 rings (SSSR count). The third-order valence-corrected chi connectivity index (χ3v) is 5.08. The zero-order valence-electron chi connectivity index (χ0n) is 16.8. The van der Waals surface area contributed by atoms with Crippen LogP contribution in [-0.2, 0) is 11.3 Å². The molecule has 0 unspecified atom stereocenters. The second-order valence-corrected chi connectivity index (χ2v) is 7.23. The molecule has 0 radical (unpaired) electrons. The lowest BCUT2D eigenvalue weighted by molar-refractivity contribution is 0.0372. The number of ether oxygens (including phenoxy) is 1. The summed E-state index contributed by atoms with van der Waals surface area (Å²) in [6.45, 7) is 6.40. The average Bonchev–Trinajstić information content (AvgIpc) is 3.23. The first-order valence-corrected chi connectivity index (χ1v) is 10.1. The Hall–Kier alpha value is -2.78. The van der Waals surface area contributed by atoms with Crippen molar-refractivity contribution in [2.75, 3.05) is 56.7 Å². The number of nitrogens with zero attached hydrogens (tertiary/aromatic N) is 6. The normalized spacial score (nSPS) is 14.9. The first-order chi connectivity index (χ1) is 14.3. The molecule has 0 amide bonds. The van der Waals surface area contributed by atoms with Gasteiger partial charge in [0.05, 0.1) is 13.2 Å². The maximum absolute atomic E-state index is 5.41. The van der Waals surface area contributed by atoms with E-state index in [1.54, 1.807) is 0 Å². The van der Waals surface area contributed by atoms with Crippen molar-refractivity contribution in [3.8, 4) is 0 Å². The second-order valence-electron chi connectivity index (χ2n) is 7.23. The van der Waals surface area contributed by atoms with Crippen LogP contribution in [0, 0.1) is 0 Å². The third kappa shape index (κ3) is 5.18. The quantitative estimate of drug-likeness (QED) is 0.545. The van der Waals surface area contributed by atoms with Gasteiger partial charge < -0.3 is 15.0 Å². The third-order valence-electron chi connectivity index (χ3n) is 5.08. The maximum Gasteiger partial charge on any atom is 0.245 e. The summed E-state index contributed by atoms with van der Waals surface area (Å²) in [6.07, 6.45) is 2.21. The fourth-order valence-electron chi connectivity index (χ4n) is 3.41. The SMILES string of the molecule is CN(CCCCN1CCOCC1)c1nc2nonc2nc1NCc1ccccc1. The summed E-state index contributed by atoms with van der Waals surface area (Å²) in [5.41, 5.74) is 2.00. The van der Waals surface area contributed by atoms with E-state index in [1.165, 1.54) is 5.56 Å². The van der Waals surface area contributed by atoms with Crippen LogP contribution in [0.4, 0.5) is 11.6 Å². The number of unbranched alkanes of at least 4 members (excludes halogenated alkanes) is 1. The van der Waals surface area contributed by atoms with E-state index in [-0.39, 0.29) is 0 Å². The van der Waals surface area contributed by atoms with Crippen molar-refractivity contribution < 1.29 is 9.37 Å². The van der Waals surface area contributed by atoms with Crippen molar-refractivity contribution in [3.05, 3.63) is 35.9 Å². The molecule has 9 nitrogen and oxygen atoms in total. The van der Waals surface area contributed by atoms with Gasteiger partial charge in [-0.25, -0.2) is 14.6 Å². The summed E-state index contributed by atoms with van der Waals surface area (Å²) in [6, 6.07) is 10.2. The smallest absolute Gasteiger partial charge is 0.245 e. The molecule has 29 heavy (non-hydrogen) atoms. The van der Waals surface area contributed by atoms with Gasteiger partial charge in [-0.3, -0.25) is 4.90 Å². The minimum Gasteiger partial charge on any atom is -0.379 e. The molecule has 1 saturated heterocycles. The number of nitrogens with one attached hydrogen (secondary N) is 1. The highest BCUT2D eigenvalue weighted by Crippen LogP contribution is 2.23. The molecule has 3 aromatic rings. The topological polar surface area (TPSA) is 92.4 Å². The summed E-state index contributed by atoms with van der Waals surface area (Å²) in [5, 5.41) is 11.1. The molecular weight excluding hydrogens is 370 g/mol. The molecule has 2 aromatic heterocycles. The Bertz CT molecular complexity index is 896. The van der Waals surface area contributed by atoms with Crippen molar-refractivity contribution >= 4 is 22.9 Å². The number of benzene rings is 1. The standard InChI is InChI=1S/C20H27N7O2/c1-26(9-5-6-10-27-11-13-28-14-12-27)20-19(21-15-16-7-3-2-4-8-16)22-17-18(23-20)25-29-24-17/h2-4,7-8H,5-6,9-15H2,1H3,(H,21,22,24). The Morgan fingerprint density at radius 2 is 1.79 bits per heavy atom. The molecule has 0 bridgehead atoms. The molecule has 1 aliphatic heterocycles. The van der Waals surface area contributed by atoms with Crippen LogP contribution in [0.15, 0.2) is 35.0 Å². The molecule has 9 heteroatoms. The van der Waals surface area contributed by atoms with E-state index < -0.39 is 0 Å². The van der Waals surface area contributed by atoms with Gasteiger partial charge in [0, 0.05) is 33.2 Å². The predicted molar refractivity (Wildman–Crippen MR) is 111 cm³/mol. The number of rotatable bonds is 9.